The number of aryl methyl sites for hydroxylation is 1. The highest BCUT2D eigenvalue weighted by Gasteiger charge is 1.93. The third-order valence-corrected chi connectivity index (χ3v) is 1.84. The van der Waals surface area contributed by atoms with Gasteiger partial charge in [0.05, 0.1) is 6.21 Å². The molecule has 0 fully saturated rings. The van der Waals surface area contributed by atoms with Gasteiger partial charge >= 0.3 is 6.03 Å². The molecule has 6 heteroatoms. The molecule has 0 aromatic carbocycles. The van der Waals surface area contributed by atoms with Gasteiger partial charge in [-0.25, -0.2) is 15.2 Å². The average Bonchev–Trinajstić information content (AvgIpc) is 2.35. The second-order valence-electron chi connectivity index (χ2n) is 2.04. The molecule has 1 rings (SSSR count). The molecule has 0 radical (unpaired) electrons. The number of amides is 2. The van der Waals surface area contributed by atoms with Gasteiger partial charge in [0.25, 0.3) is 0 Å². The maximum Gasteiger partial charge on any atom is 0.332 e. The molecule has 0 unspecified atom stereocenters. The van der Waals surface area contributed by atoms with E-state index in [-0.39, 0.29) is 0 Å². The zero-order valence-corrected chi connectivity index (χ0v) is 7.26. The van der Waals surface area contributed by atoms with Crippen LogP contribution in [-0.2, 0) is 0 Å². The summed E-state index contributed by atoms with van der Waals surface area (Å²) in [6, 6.07) is -0.681. The molecule has 64 valence electrons. The summed E-state index contributed by atoms with van der Waals surface area (Å²) in [7, 11) is 0. The van der Waals surface area contributed by atoms with Crippen molar-refractivity contribution < 1.29 is 4.79 Å². The number of urea groups is 1. The molecule has 0 atom stereocenters. The van der Waals surface area contributed by atoms with Crippen molar-refractivity contribution in [1.82, 2.24) is 10.4 Å². The van der Waals surface area contributed by atoms with E-state index in [0.717, 1.165) is 9.88 Å². The van der Waals surface area contributed by atoms with Gasteiger partial charge in [-0.2, -0.15) is 5.10 Å². The van der Waals surface area contributed by atoms with E-state index < -0.39 is 6.03 Å². The highest BCUT2D eigenvalue weighted by molar-refractivity contribution is 7.13. The fourth-order valence-electron chi connectivity index (χ4n) is 0.583. The summed E-state index contributed by atoms with van der Waals surface area (Å²) in [6.45, 7) is 1.94. The predicted molar refractivity (Wildman–Crippen MR) is 47.2 cm³/mol. The standard InChI is InChI=1S/C6H8N4OS/c1-4-2-8-5(12-4)3-9-10-6(7)11/h2-3H,1H3,(H3,7,10,11)/b9-3+. The Morgan fingerprint density at radius 1 is 1.92 bits per heavy atom. The molecule has 0 spiro atoms. The molecule has 1 aromatic heterocycles. The number of hydrogen-bond acceptors (Lipinski definition) is 4. The second-order valence-corrected chi connectivity index (χ2v) is 3.31. The van der Waals surface area contributed by atoms with E-state index in [1.54, 1.807) is 6.20 Å². The summed E-state index contributed by atoms with van der Waals surface area (Å²) in [4.78, 5) is 15.3. The van der Waals surface area contributed by atoms with Crippen molar-refractivity contribution in [3.8, 4) is 0 Å². The lowest BCUT2D eigenvalue weighted by Gasteiger charge is -1.87. The molecule has 0 aliphatic heterocycles. The molecule has 0 aliphatic carbocycles. The Balaban J connectivity index is 2.52. The fourth-order valence-corrected chi connectivity index (χ4v) is 1.23. The number of hydrazone groups is 1. The summed E-state index contributed by atoms with van der Waals surface area (Å²) in [5, 5.41) is 4.29. The Morgan fingerprint density at radius 2 is 2.67 bits per heavy atom. The molecule has 5 nitrogen and oxygen atoms in total. The smallest absolute Gasteiger partial charge is 0.332 e. The van der Waals surface area contributed by atoms with E-state index >= 15 is 0 Å². The van der Waals surface area contributed by atoms with Gasteiger partial charge in [0.2, 0.25) is 0 Å². The minimum Gasteiger partial charge on any atom is -0.350 e. The van der Waals surface area contributed by atoms with E-state index in [9.17, 15) is 4.79 Å². The van der Waals surface area contributed by atoms with Gasteiger partial charge in [0, 0.05) is 11.1 Å². The van der Waals surface area contributed by atoms with Crippen molar-refractivity contribution in [1.29, 1.82) is 0 Å². The molecule has 1 heterocycles. The summed E-state index contributed by atoms with van der Waals surface area (Å²) < 4.78 is 0. The fraction of sp³-hybridized carbons (Fsp3) is 0.167. The Bertz CT molecular complexity index is 306. The topological polar surface area (TPSA) is 80.4 Å². The van der Waals surface area contributed by atoms with E-state index in [2.05, 4.69) is 15.5 Å². The first-order valence-electron chi connectivity index (χ1n) is 3.19. The van der Waals surface area contributed by atoms with Gasteiger partial charge in [-0.3, -0.25) is 0 Å². The number of nitrogens with two attached hydrogens (primary N) is 1. The summed E-state index contributed by atoms with van der Waals surface area (Å²) in [5.74, 6) is 0. The minimum atomic E-state index is -0.681. The second kappa shape index (κ2) is 3.82. The van der Waals surface area contributed by atoms with Crippen LogP contribution in [0, 0.1) is 6.92 Å². The van der Waals surface area contributed by atoms with Crippen molar-refractivity contribution in [3.05, 3.63) is 16.1 Å². The number of carbonyl (C=O) groups is 1. The molecule has 3 N–H and O–H groups in total. The van der Waals surface area contributed by atoms with Crippen LogP contribution in [0.2, 0.25) is 0 Å². The quantitative estimate of drug-likeness (QED) is 0.517. The number of hydrogen-bond donors (Lipinski definition) is 2. The van der Waals surface area contributed by atoms with E-state index in [4.69, 9.17) is 5.73 Å². The van der Waals surface area contributed by atoms with Crippen molar-refractivity contribution >= 4 is 23.6 Å². The van der Waals surface area contributed by atoms with Crippen molar-refractivity contribution in [2.45, 2.75) is 6.92 Å². The summed E-state index contributed by atoms with van der Waals surface area (Å²) in [5.41, 5.74) is 6.86. The molecule has 2 amide bonds. The van der Waals surface area contributed by atoms with Crippen molar-refractivity contribution in [2.24, 2.45) is 10.8 Å². The van der Waals surface area contributed by atoms with Crippen LogP contribution in [0.4, 0.5) is 4.79 Å². The van der Waals surface area contributed by atoms with Crippen molar-refractivity contribution in [2.75, 3.05) is 0 Å². The lowest BCUT2D eigenvalue weighted by atomic mass is 10.6. The van der Waals surface area contributed by atoms with Crippen LogP contribution in [0.25, 0.3) is 0 Å². The van der Waals surface area contributed by atoms with E-state index in [1.807, 2.05) is 6.92 Å². The first kappa shape index (κ1) is 8.66. The van der Waals surface area contributed by atoms with Crippen LogP contribution in [0.5, 0.6) is 0 Å². The number of thiazole rings is 1. The average molecular weight is 184 g/mol. The summed E-state index contributed by atoms with van der Waals surface area (Å²) >= 11 is 1.49. The molecular weight excluding hydrogens is 176 g/mol. The van der Waals surface area contributed by atoms with Gasteiger partial charge in [-0.05, 0) is 6.92 Å². The zero-order chi connectivity index (χ0) is 8.97. The predicted octanol–water partition coefficient (Wildman–Crippen LogP) is 0.454. The van der Waals surface area contributed by atoms with E-state index in [1.165, 1.54) is 17.6 Å². The monoisotopic (exact) mass is 184 g/mol. The lowest BCUT2D eigenvalue weighted by Crippen LogP contribution is -2.24. The zero-order valence-electron chi connectivity index (χ0n) is 6.44. The minimum absolute atomic E-state index is 0.681. The largest absolute Gasteiger partial charge is 0.350 e. The van der Waals surface area contributed by atoms with Crippen molar-refractivity contribution in [3.63, 3.8) is 0 Å². The van der Waals surface area contributed by atoms with Gasteiger partial charge in [0.15, 0.2) is 0 Å². The number of rotatable bonds is 2. The highest BCUT2D eigenvalue weighted by atomic mass is 32.1. The molecule has 1 aromatic rings. The van der Waals surface area contributed by atoms with Gasteiger partial charge in [-0.1, -0.05) is 0 Å². The molecule has 0 saturated heterocycles. The van der Waals surface area contributed by atoms with Crippen LogP contribution in [0.15, 0.2) is 11.3 Å². The Morgan fingerprint density at radius 3 is 3.17 bits per heavy atom. The molecule has 0 saturated carbocycles. The Labute approximate surface area is 73.3 Å². The van der Waals surface area contributed by atoms with Crippen LogP contribution >= 0.6 is 11.3 Å². The Kier molecular flexibility index (Phi) is 2.76. The van der Waals surface area contributed by atoms with Crippen LogP contribution < -0.4 is 11.2 Å². The number of carbonyl (C=O) groups excluding carboxylic acids is 1. The summed E-state index contributed by atoms with van der Waals surface area (Å²) in [6.07, 6.45) is 3.18. The maximum absolute atomic E-state index is 10.2. The Hall–Kier alpha value is -1.43. The maximum atomic E-state index is 10.2. The van der Waals surface area contributed by atoms with Crippen LogP contribution in [0.1, 0.15) is 9.88 Å². The molecule has 0 bridgehead atoms. The first-order chi connectivity index (χ1) is 5.68. The van der Waals surface area contributed by atoms with Crippen LogP contribution in [-0.4, -0.2) is 17.2 Å². The van der Waals surface area contributed by atoms with Gasteiger partial charge < -0.3 is 5.73 Å². The van der Waals surface area contributed by atoms with Gasteiger partial charge in [-0.15, -0.1) is 11.3 Å². The van der Waals surface area contributed by atoms with Crippen LogP contribution in [0.3, 0.4) is 0 Å². The van der Waals surface area contributed by atoms with Gasteiger partial charge in [0.1, 0.15) is 5.01 Å². The normalized spacial score (nSPS) is 10.4. The first-order valence-corrected chi connectivity index (χ1v) is 4.01. The SMILES string of the molecule is Cc1cnc(/C=N/NC(N)=O)s1. The highest BCUT2D eigenvalue weighted by Crippen LogP contribution is 2.07. The number of aromatic nitrogens is 1. The lowest BCUT2D eigenvalue weighted by molar-refractivity contribution is 0.249. The molecular formula is C6H8N4OS. The molecule has 12 heavy (non-hydrogen) atoms. The van der Waals surface area contributed by atoms with E-state index in [0.29, 0.717) is 0 Å². The third-order valence-electron chi connectivity index (χ3n) is 0.989. The number of nitrogens with one attached hydrogen (secondary N) is 1. The number of nitrogens with zero attached hydrogens (tertiary/aromatic N) is 2. The third kappa shape index (κ3) is 2.67. The molecule has 0 aliphatic rings. The number of primary amides is 1.